The van der Waals surface area contributed by atoms with Crippen LogP contribution in [0.15, 0.2) is 35.3 Å². The van der Waals surface area contributed by atoms with Gasteiger partial charge in [0.2, 0.25) is 0 Å². The van der Waals surface area contributed by atoms with E-state index in [1.165, 1.54) is 36.2 Å². The maximum absolute atomic E-state index is 13.4. The van der Waals surface area contributed by atoms with Crippen molar-refractivity contribution >= 4 is 17.9 Å². The topological polar surface area (TPSA) is 49.7 Å². The van der Waals surface area contributed by atoms with Gasteiger partial charge in [0.15, 0.2) is 5.78 Å². The van der Waals surface area contributed by atoms with Crippen LogP contribution < -0.4 is 0 Å². The fourth-order valence-electron chi connectivity index (χ4n) is 2.36. The Hall–Kier alpha value is -2.30. The molecule has 0 aliphatic carbocycles. The molecule has 1 aromatic carbocycles. The highest BCUT2D eigenvalue weighted by Gasteiger charge is 2.25. The molecule has 0 heterocycles. The Labute approximate surface area is 136 Å². The first-order valence-electron chi connectivity index (χ1n) is 7.41. The van der Waals surface area contributed by atoms with Gasteiger partial charge in [-0.05, 0) is 44.9 Å². The van der Waals surface area contributed by atoms with Crippen LogP contribution in [0.2, 0.25) is 0 Å². The summed E-state index contributed by atoms with van der Waals surface area (Å²) in [6.07, 6.45) is 2.61. The van der Waals surface area contributed by atoms with Crippen molar-refractivity contribution in [3.05, 3.63) is 47.3 Å². The Balaban J connectivity index is 3.10. The van der Waals surface area contributed by atoms with Crippen LogP contribution in [0.3, 0.4) is 0 Å². The monoisotopic (exact) mass is 318 g/mol. The van der Waals surface area contributed by atoms with Gasteiger partial charge in [0.05, 0.1) is 6.04 Å². The lowest BCUT2D eigenvalue weighted by Gasteiger charge is -2.27. The number of carbonyl (C=O) groups excluding carboxylic acids is 2. The lowest BCUT2D eigenvalue weighted by molar-refractivity contribution is -0.121. The number of aliphatic imine (C=N–C) groups is 1. The normalized spacial score (nSPS) is 12.2. The van der Waals surface area contributed by atoms with Crippen LogP contribution >= 0.6 is 0 Å². The molecule has 0 fully saturated rings. The van der Waals surface area contributed by atoms with Crippen molar-refractivity contribution in [2.45, 2.75) is 32.7 Å². The summed E-state index contributed by atoms with van der Waals surface area (Å²) in [7, 11) is 3.14. The van der Waals surface area contributed by atoms with E-state index < -0.39 is 11.9 Å². The van der Waals surface area contributed by atoms with Crippen LogP contribution in [0.1, 0.15) is 42.6 Å². The maximum atomic E-state index is 13.4. The molecule has 0 spiro atoms. The molecule has 0 N–H and O–H groups in total. The zero-order valence-electron chi connectivity index (χ0n) is 14.1. The summed E-state index contributed by atoms with van der Waals surface area (Å²) in [6.45, 7) is 7.17. The largest absolute Gasteiger partial charge is 0.332 e. The molecule has 0 saturated carbocycles. The SMILES string of the molecule is C=C(C)CCC(C(C)=O)N(C)C(=O)c1ccc(F)cc1C=NC. The third-order valence-electron chi connectivity index (χ3n) is 3.61. The van der Waals surface area contributed by atoms with E-state index >= 15 is 0 Å². The van der Waals surface area contributed by atoms with Gasteiger partial charge in [-0.3, -0.25) is 14.6 Å². The van der Waals surface area contributed by atoms with E-state index in [2.05, 4.69) is 11.6 Å². The molecular formula is C18H23FN2O2. The lowest BCUT2D eigenvalue weighted by Crippen LogP contribution is -2.41. The highest BCUT2D eigenvalue weighted by Crippen LogP contribution is 2.17. The van der Waals surface area contributed by atoms with Crippen LogP contribution in [0, 0.1) is 5.82 Å². The van der Waals surface area contributed by atoms with Crippen LogP contribution in [0.4, 0.5) is 4.39 Å². The second-order valence-electron chi connectivity index (χ2n) is 5.66. The van der Waals surface area contributed by atoms with Crippen LogP contribution in [-0.2, 0) is 4.79 Å². The first-order valence-corrected chi connectivity index (χ1v) is 7.41. The minimum absolute atomic E-state index is 0.0880. The fourth-order valence-corrected chi connectivity index (χ4v) is 2.36. The van der Waals surface area contributed by atoms with Crippen molar-refractivity contribution in [2.75, 3.05) is 14.1 Å². The van der Waals surface area contributed by atoms with Crippen LogP contribution in [0.25, 0.3) is 0 Å². The van der Waals surface area contributed by atoms with E-state index in [9.17, 15) is 14.0 Å². The number of amides is 1. The third kappa shape index (κ3) is 5.13. The molecule has 23 heavy (non-hydrogen) atoms. The van der Waals surface area contributed by atoms with Gasteiger partial charge in [0, 0.05) is 31.4 Å². The highest BCUT2D eigenvalue weighted by atomic mass is 19.1. The number of rotatable bonds is 7. The first kappa shape index (κ1) is 18.7. The number of nitrogens with zero attached hydrogens (tertiary/aromatic N) is 2. The smallest absolute Gasteiger partial charge is 0.254 e. The average Bonchev–Trinajstić information content (AvgIpc) is 2.46. The second kappa shape index (κ2) is 8.36. The molecule has 4 nitrogen and oxygen atoms in total. The van der Waals surface area contributed by atoms with Crippen molar-refractivity contribution in [3.8, 4) is 0 Å². The van der Waals surface area contributed by atoms with Crippen molar-refractivity contribution in [2.24, 2.45) is 4.99 Å². The average molecular weight is 318 g/mol. The first-order chi connectivity index (χ1) is 10.8. The molecule has 1 unspecified atom stereocenters. The molecule has 5 heteroatoms. The molecule has 0 aliphatic rings. The van der Waals surface area contributed by atoms with E-state index in [-0.39, 0.29) is 11.7 Å². The van der Waals surface area contributed by atoms with Gasteiger partial charge in [-0.15, -0.1) is 6.58 Å². The minimum Gasteiger partial charge on any atom is -0.332 e. The van der Waals surface area contributed by atoms with Crippen molar-refractivity contribution < 1.29 is 14.0 Å². The van der Waals surface area contributed by atoms with Crippen LogP contribution in [-0.4, -0.2) is 42.9 Å². The van der Waals surface area contributed by atoms with E-state index in [0.29, 0.717) is 24.0 Å². The number of hydrogen-bond donors (Lipinski definition) is 0. The molecule has 0 aromatic heterocycles. The zero-order chi connectivity index (χ0) is 17.6. The molecule has 1 atom stereocenters. The Bertz CT molecular complexity index is 638. The number of likely N-dealkylation sites (N-methyl/N-ethyl adjacent to an activating group) is 1. The quantitative estimate of drug-likeness (QED) is 0.572. The number of benzene rings is 1. The number of carbonyl (C=O) groups is 2. The molecule has 0 saturated heterocycles. The van der Waals surface area contributed by atoms with E-state index in [1.807, 2.05) is 6.92 Å². The van der Waals surface area contributed by atoms with E-state index in [4.69, 9.17) is 0 Å². The number of Topliss-reactive ketones (excluding diaryl/α,β-unsaturated/α-hetero) is 1. The predicted molar refractivity (Wildman–Crippen MR) is 90.5 cm³/mol. The summed E-state index contributed by atoms with van der Waals surface area (Å²) in [5.74, 6) is -0.860. The highest BCUT2D eigenvalue weighted by molar-refractivity contribution is 6.03. The van der Waals surface area contributed by atoms with Crippen molar-refractivity contribution in [1.29, 1.82) is 0 Å². The number of halogens is 1. The third-order valence-corrected chi connectivity index (χ3v) is 3.61. The zero-order valence-corrected chi connectivity index (χ0v) is 14.1. The Morgan fingerprint density at radius 3 is 2.57 bits per heavy atom. The van der Waals surface area contributed by atoms with E-state index in [0.717, 1.165) is 5.57 Å². The summed E-state index contributed by atoms with van der Waals surface area (Å²) >= 11 is 0. The molecule has 0 aliphatic heterocycles. The van der Waals surface area contributed by atoms with Gasteiger partial charge in [-0.1, -0.05) is 5.57 Å². The molecule has 0 radical (unpaired) electrons. The Morgan fingerprint density at radius 2 is 2.04 bits per heavy atom. The number of hydrogen-bond acceptors (Lipinski definition) is 3. The lowest BCUT2D eigenvalue weighted by atomic mass is 10.0. The molecule has 0 bridgehead atoms. The summed E-state index contributed by atoms with van der Waals surface area (Å²) < 4.78 is 13.4. The summed E-state index contributed by atoms with van der Waals surface area (Å²) in [4.78, 5) is 29.9. The van der Waals surface area contributed by atoms with Gasteiger partial charge in [0.25, 0.3) is 5.91 Å². The van der Waals surface area contributed by atoms with Gasteiger partial charge in [-0.25, -0.2) is 4.39 Å². The molecule has 124 valence electrons. The Kier molecular flexibility index (Phi) is 6.82. The summed E-state index contributed by atoms with van der Waals surface area (Å²) in [5, 5.41) is 0. The van der Waals surface area contributed by atoms with E-state index in [1.54, 1.807) is 14.1 Å². The maximum Gasteiger partial charge on any atom is 0.254 e. The Morgan fingerprint density at radius 1 is 1.39 bits per heavy atom. The van der Waals surface area contributed by atoms with Crippen LogP contribution in [0.5, 0.6) is 0 Å². The molecular weight excluding hydrogens is 295 g/mol. The number of ketones is 1. The number of allylic oxidation sites excluding steroid dienone is 1. The van der Waals surface area contributed by atoms with Crippen molar-refractivity contribution in [3.63, 3.8) is 0 Å². The second-order valence-corrected chi connectivity index (χ2v) is 5.66. The standard InChI is InChI=1S/C18H23FN2O2/c1-12(2)6-9-17(13(3)22)21(5)18(23)16-8-7-15(19)10-14(16)11-20-4/h7-8,10-11,17H,1,6,9H2,2-5H3. The van der Waals surface area contributed by atoms with Gasteiger partial charge < -0.3 is 4.90 Å². The van der Waals surface area contributed by atoms with Crippen molar-refractivity contribution in [1.82, 2.24) is 4.90 Å². The molecule has 1 aromatic rings. The summed E-state index contributed by atoms with van der Waals surface area (Å²) in [6, 6.07) is 3.37. The fraction of sp³-hybridized carbons (Fsp3) is 0.389. The summed E-state index contributed by atoms with van der Waals surface area (Å²) in [5.41, 5.74) is 1.67. The van der Waals surface area contributed by atoms with Gasteiger partial charge in [0.1, 0.15) is 5.82 Å². The minimum atomic E-state index is -0.532. The molecule has 1 amide bonds. The molecule has 1 rings (SSSR count). The predicted octanol–water partition coefficient (Wildman–Crippen LogP) is 3.26. The van der Waals surface area contributed by atoms with Gasteiger partial charge in [-0.2, -0.15) is 0 Å². The van der Waals surface area contributed by atoms with Gasteiger partial charge >= 0.3 is 0 Å².